The predicted molar refractivity (Wildman–Crippen MR) is 103 cm³/mol. The summed E-state index contributed by atoms with van der Waals surface area (Å²) in [6.07, 6.45) is -3.87. The number of hydrogen-bond acceptors (Lipinski definition) is 6. The second-order valence-corrected chi connectivity index (χ2v) is 7.26. The third-order valence-corrected chi connectivity index (χ3v) is 5.14. The standard InChI is InChI=1S/C19H21F3N6O3/c1-10-14(16(29)27(3)13-4-7-23-17(26-13)19(20,21)22)15(25-11(2)24-10)12-5-8-28(9-6-12)18(30)31/h4,7,12H,5-6,8-9H2,1-3H3,(H,30,31). The molecule has 1 saturated heterocycles. The van der Waals surface area contributed by atoms with Gasteiger partial charge in [0.1, 0.15) is 11.6 Å². The van der Waals surface area contributed by atoms with Crippen LogP contribution in [0.5, 0.6) is 0 Å². The van der Waals surface area contributed by atoms with Crippen molar-refractivity contribution in [1.82, 2.24) is 24.8 Å². The van der Waals surface area contributed by atoms with Gasteiger partial charge in [-0.05, 0) is 32.8 Å². The van der Waals surface area contributed by atoms with Gasteiger partial charge in [0.05, 0.1) is 17.0 Å². The number of nitrogens with zero attached hydrogens (tertiary/aromatic N) is 6. The van der Waals surface area contributed by atoms with Crippen molar-refractivity contribution in [1.29, 1.82) is 0 Å². The first-order valence-electron chi connectivity index (χ1n) is 9.50. The van der Waals surface area contributed by atoms with E-state index in [4.69, 9.17) is 5.11 Å². The number of hydrogen-bond donors (Lipinski definition) is 1. The summed E-state index contributed by atoms with van der Waals surface area (Å²) in [6, 6.07) is 1.21. The van der Waals surface area contributed by atoms with E-state index in [2.05, 4.69) is 19.9 Å². The first-order valence-corrected chi connectivity index (χ1v) is 9.50. The molecule has 2 aromatic heterocycles. The Balaban J connectivity index is 1.95. The molecule has 0 spiro atoms. The summed E-state index contributed by atoms with van der Waals surface area (Å²) in [6.45, 7) is 3.91. The Bertz CT molecular complexity index is 1010. The molecule has 0 aliphatic carbocycles. The average molecular weight is 438 g/mol. The molecule has 2 aromatic rings. The van der Waals surface area contributed by atoms with Crippen LogP contribution in [0.15, 0.2) is 12.3 Å². The molecule has 0 atom stereocenters. The van der Waals surface area contributed by atoms with E-state index in [1.54, 1.807) is 13.8 Å². The van der Waals surface area contributed by atoms with E-state index in [0.717, 1.165) is 11.1 Å². The van der Waals surface area contributed by atoms with E-state index >= 15 is 0 Å². The predicted octanol–water partition coefficient (Wildman–Crippen LogP) is 3.04. The highest BCUT2D eigenvalue weighted by Crippen LogP contribution is 2.32. The minimum Gasteiger partial charge on any atom is -0.465 e. The summed E-state index contributed by atoms with van der Waals surface area (Å²) in [7, 11) is 1.32. The summed E-state index contributed by atoms with van der Waals surface area (Å²) in [5.41, 5.74) is 1.05. The Morgan fingerprint density at radius 1 is 1.16 bits per heavy atom. The first kappa shape index (κ1) is 22.4. The van der Waals surface area contributed by atoms with E-state index in [1.807, 2.05) is 0 Å². The maximum absolute atomic E-state index is 13.3. The molecule has 0 saturated carbocycles. The van der Waals surface area contributed by atoms with Gasteiger partial charge in [0.2, 0.25) is 5.82 Å². The number of halogens is 3. The van der Waals surface area contributed by atoms with E-state index in [9.17, 15) is 22.8 Å². The molecule has 3 heterocycles. The number of carbonyl (C=O) groups excluding carboxylic acids is 1. The number of amides is 2. The van der Waals surface area contributed by atoms with E-state index in [-0.39, 0.29) is 17.3 Å². The molecule has 1 aliphatic heterocycles. The molecule has 0 unspecified atom stereocenters. The number of piperidine rings is 1. The van der Waals surface area contributed by atoms with Crippen LogP contribution >= 0.6 is 0 Å². The summed E-state index contributed by atoms with van der Waals surface area (Å²) in [5.74, 6) is -1.88. The zero-order valence-electron chi connectivity index (χ0n) is 17.1. The van der Waals surface area contributed by atoms with Crippen molar-refractivity contribution in [3.05, 3.63) is 40.9 Å². The van der Waals surface area contributed by atoms with Gasteiger partial charge in [-0.3, -0.25) is 9.69 Å². The van der Waals surface area contributed by atoms with Gasteiger partial charge in [-0.15, -0.1) is 0 Å². The van der Waals surface area contributed by atoms with Gasteiger partial charge in [-0.2, -0.15) is 13.2 Å². The van der Waals surface area contributed by atoms with Crippen molar-refractivity contribution in [3.8, 4) is 0 Å². The lowest BCUT2D eigenvalue weighted by Crippen LogP contribution is -2.38. The third-order valence-electron chi connectivity index (χ3n) is 5.14. The molecule has 2 amide bonds. The Kier molecular flexibility index (Phi) is 6.09. The molecule has 3 rings (SSSR count). The monoisotopic (exact) mass is 438 g/mol. The summed E-state index contributed by atoms with van der Waals surface area (Å²) in [5, 5.41) is 9.15. The highest BCUT2D eigenvalue weighted by Gasteiger charge is 2.36. The Morgan fingerprint density at radius 2 is 1.81 bits per heavy atom. The van der Waals surface area contributed by atoms with Crippen molar-refractivity contribution in [2.24, 2.45) is 0 Å². The highest BCUT2D eigenvalue weighted by molar-refractivity contribution is 6.06. The van der Waals surface area contributed by atoms with Crippen molar-refractivity contribution < 1.29 is 27.9 Å². The quantitative estimate of drug-likeness (QED) is 0.784. The van der Waals surface area contributed by atoms with Crippen LogP contribution in [0.3, 0.4) is 0 Å². The second-order valence-electron chi connectivity index (χ2n) is 7.26. The van der Waals surface area contributed by atoms with Crippen molar-refractivity contribution in [3.63, 3.8) is 0 Å². The lowest BCUT2D eigenvalue weighted by atomic mass is 9.89. The smallest absolute Gasteiger partial charge is 0.451 e. The number of anilines is 1. The normalized spacial score (nSPS) is 15.1. The van der Waals surface area contributed by atoms with Crippen molar-refractivity contribution in [2.45, 2.75) is 38.8 Å². The first-order chi connectivity index (χ1) is 14.5. The van der Waals surface area contributed by atoms with Crippen LogP contribution in [0, 0.1) is 13.8 Å². The van der Waals surface area contributed by atoms with Gasteiger partial charge in [-0.1, -0.05) is 0 Å². The number of likely N-dealkylation sites (tertiary alicyclic amines) is 1. The van der Waals surface area contributed by atoms with E-state index < -0.39 is 24.0 Å². The zero-order chi connectivity index (χ0) is 22.9. The van der Waals surface area contributed by atoms with Crippen LogP contribution in [0.1, 0.15) is 52.2 Å². The zero-order valence-corrected chi connectivity index (χ0v) is 17.1. The van der Waals surface area contributed by atoms with Crippen LogP contribution in [-0.2, 0) is 6.18 Å². The maximum atomic E-state index is 13.3. The summed E-state index contributed by atoms with van der Waals surface area (Å²) >= 11 is 0. The van der Waals surface area contributed by atoms with Gasteiger partial charge >= 0.3 is 12.3 Å². The average Bonchev–Trinajstić information content (AvgIpc) is 2.71. The molecular formula is C19H21F3N6O3. The van der Waals surface area contributed by atoms with Crippen molar-refractivity contribution >= 4 is 17.8 Å². The lowest BCUT2D eigenvalue weighted by molar-refractivity contribution is -0.144. The lowest BCUT2D eigenvalue weighted by Gasteiger charge is -2.31. The summed E-state index contributed by atoms with van der Waals surface area (Å²) in [4.78, 5) is 42.1. The van der Waals surface area contributed by atoms with Crippen LogP contribution in [0.25, 0.3) is 0 Å². The Labute approximate surface area is 176 Å². The van der Waals surface area contributed by atoms with Gasteiger partial charge < -0.3 is 10.0 Å². The van der Waals surface area contributed by atoms with Gasteiger partial charge in [0, 0.05) is 32.3 Å². The maximum Gasteiger partial charge on any atom is 0.451 e. The molecule has 9 nitrogen and oxygen atoms in total. The molecule has 12 heteroatoms. The van der Waals surface area contributed by atoms with Crippen LogP contribution < -0.4 is 4.90 Å². The SMILES string of the molecule is Cc1nc(C)c(C(=O)N(C)c2ccnc(C(F)(F)F)n2)c(C2CCN(C(=O)O)CC2)n1. The number of carbonyl (C=O) groups is 2. The fourth-order valence-corrected chi connectivity index (χ4v) is 3.59. The fraction of sp³-hybridized carbons (Fsp3) is 0.474. The number of aromatic nitrogens is 4. The second kappa shape index (κ2) is 8.44. The third kappa shape index (κ3) is 4.72. The number of aryl methyl sites for hydroxylation is 2. The van der Waals surface area contributed by atoms with Crippen LogP contribution in [-0.4, -0.2) is 62.1 Å². The molecule has 0 radical (unpaired) electrons. The molecule has 0 aromatic carbocycles. The van der Waals surface area contributed by atoms with Gasteiger partial charge in [-0.25, -0.2) is 24.7 Å². The minimum atomic E-state index is -4.74. The topological polar surface area (TPSA) is 112 Å². The molecule has 166 valence electrons. The minimum absolute atomic E-state index is 0.181. The molecule has 1 fully saturated rings. The van der Waals surface area contributed by atoms with Gasteiger partial charge in [0.25, 0.3) is 5.91 Å². The molecule has 0 bridgehead atoms. The Hall–Kier alpha value is -3.31. The van der Waals surface area contributed by atoms with Crippen molar-refractivity contribution in [2.75, 3.05) is 25.0 Å². The number of alkyl halides is 3. The van der Waals surface area contributed by atoms with Gasteiger partial charge in [0.15, 0.2) is 0 Å². The largest absolute Gasteiger partial charge is 0.465 e. The van der Waals surface area contributed by atoms with Crippen LogP contribution in [0.4, 0.5) is 23.8 Å². The summed E-state index contributed by atoms with van der Waals surface area (Å²) < 4.78 is 38.9. The molecule has 1 N–H and O–H groups in total. The molecule has 31 heavy (non-hydrogen) atoms. The fourth-order valence-electron chi connectivity index (χ4n) is 3.59. The molecular weight excluding hydrogens is 417 g/mol. The molecule has 1 aliphatic rings. The van der Waals surface area contributed by atoms with E-state index in [1.165, 1.54) is 18.0 Å². The number of rotatable bonds is 3. The number of carboxylic acid groups (broad SMARTS) is 1. The Morgan fingerprint density at radius 3 is 2.39 bits per heavy atom. The van der Waals surface area contributed by atoms with E-state index in [0.29, 0.717) is 43.1 Å². The van der Waals surface area contributed by atoms with Crippen LogP contribution in [0.2, 0.25) is 0 Å². The highest BCUT2D eigenvalue weighted by atomic mass is 19.4.